The van der Waals surface area contributed by atoms with Crippen molar-refractivity contribution in [3.05, 3.63) is 39.7 Å². The summed E-state index contributed by atoms with van der Waals surface area (Å²) in [5.74, 6) is -0.946. The van der Waals surface area contributed by atoms with Crippen molar-refractivity contribution in [1.29, 1.82) is 0 Å². The van der Waals surface area contributed by atoms with E-state index in [1.807, 2.05) is 0 Å². The SMILES string of the molecule is COCC1CCN(C(=O)c2cc(F)ccc2[N+](=O)[O-])C1. The zero-order valence-electron chi connectivity index (χ0n) is 11.0. The van der Waals surface area contributed by atoms with Crippen molar-refractivity contribution in [1.82, 2.24) is 4.90 Å². The Morgan fingerprint density at radius 3 is 3.00 bits per heavy atom. The average Bonchev–Trinajstić information content (AvgIpc) is 2.86. The van der Waals surface area contributed by atoms with Crippen LogP contribution >= 0.6 is 0 Å². The van der Waals surface area contributed by atoms with E-state index in [0.29, 0.717) is 19.7 Å². The van der Waals surface area contributed by atoms with Crippen LogP contribution in [0.2, 0.25) is 0 Å². The number of halogens is 1. The van der Waals surface area contributed by atoms with Crippen LogP contribution in [0.5, 0.6) is 0 Å². The van der Waals surface area contributed by atoms with Gasteiger partial charge in [-0.1, -0.05) is 0 Å². The molecule has 1 unspecified atom stereocenters. The van der Waals surface area contributed by atoms with Crippen LogP contribution in [0.1, 0.15) is 16.8 Å². The molecule has 1 aliphatic heterocycles. The lowest BCUT2D eigenvalue weighted by Crippen LogP contribution is -2.29. The van der Waals surface area contributed by atoms with Crippen molar-refractivity contribution in [2.75, 3.05) is 26.8 Å². The quantitative estimate of drug-likeness (QED) is 0.624. The van der Waals surface area contributed by atoms with Crippen LogP contribution in [0.3, 0.4) is 0 Å². The van der Waals surface area contributed by atoms with Crippen LogP contribution in [0.25, 0.3) is 0 Å². The van der Waals surface area contributed by atoms with Gasteiger partial charge in [-0.05, 0) is 18.6 Å². The minimum Gasteiger partial charge on any atom is -0.384 e. The lowest BCUT2D eigenvalue weighted by Gasteiger charge is -2.16. The molecule has 1 fully saturated rings. The second-order valence-electron chi connectivity index (χ2n) is 4.78. The number of benzene rings is 1. The Kier molecular flexibility index (Phi) is 4.29. The second-order valence-corrected chi connectivity index (χ2v) is 4.78. The zero-order chi connectivity index (χ0) is 14.7. The summed E-state index contributed by atoms with van der Waals surface area (Å²) in [5, 5.41) is 10.9. The van der Waals surface area contributed by atoms with Crippen molar-refractivity contribution in [2.45, 2.75) is 6.42 Å². The molecule has 2 rings (SSSR count). The van der Waals surface area contributed by atoms with Gasteiger partial charge in [-0.15, -0.1) is 0 Å². The Morgan fingerprint density at radius 1 is 1.60 bits per heavy atom. The van der Waals surface area contributed by atoms with Crippen LogP contribution < -0.4 is 0 Å². The summed E-state index contributed by atoms with van der Waals surface area (Å²) < 4.78 is 18.3. The molecule has 1 amide bonds. The van der Waals surface area contributed by atoms with Gasteiger partial charge in [0.15, 0.2) is 0 Å². The molecule has 0 saturated carbocycles. The van der Waals surface area contributed by atoms with Gasteiger partial charge in [-0.2, -0.15) is 0 Å². The maximum Gasteiger partial charge on any atom is 0.282 e. The van der Waals surface area contributed by atoms with Gasteiger partial charge in [-0.3, -0.25) is 14.9 Å². The Labute approximate surface area is 115 Å². The maximum absolute atomic E-state index is 13.2. The maximum atomic E-state index is 13.2. The highest BCUT2D eigenvalue weighted by molar-refractivity contribution is 5.98. The molecule has 20 heavy (non-hydrogen) atoms. The van der Waals surface area contributed by atoms with Crippen molar-refractivity contribution in [3.8, 4) is 0 Å². The van der Waals surface area contributed by atoms with Gasteiger partial charge >= 0.3 is 0 Å². The van der Waals surface area contributed by atoms with Crippen LogP contribution in [-0.4, -0.2) is 42.5 Å². The third kappa shape index (κ3) is 2.93. The molecule has 0 aromatic heterocycles. The normalized spacial score (nSPS) is 18.3. The molecule has 1 heterocycles. The van der Waals surface area contributed by atoms with E-state index >= 15 is 0 Å². The summed E-state index contributed by atoms with van der Waals surface area (Å²) in [6.07, 6.45) is 0.780. The van der Waals surface area contributed by atoms with Crippen molar-refractivity contribution >= 4 is 11.6 Å². The molecular weight excluding hydrogens is 267 g/mol. The Hall–Kier alpha value is -2.02. The molecule has 108 valence electrons. The molecule has 1 saturated heterocycles. The van der Waals surface area contributed by atoms with Gasteiger partial charge in [0.25, 0.3) is 11.6 Å². The summed E-state index contributed by atoms with van der Waals surface area (Å²) in [4.78, 5) is 24.0. The number of likely N-dealkylation sites (tertiary alicyclic amines) is 1. The lowest BCUT2D eigenvalue weighted by molar-refractivity contribution is -0.385. The van der Waals surface area contributed by atoms with Crippen molar-refractivity contribution < 1.29 is 18.8 Å². The fourth-order valence-electron chi connectivity index (χ4n) is 2.40. The van der Waals surface area contributed by atoms with E-state index in [1.165, 1.54) is 4.90 Å². The molecule has 1 aromatic rings. The number of hydrogen-bond acceptors (Lipinski definition) is 4. The van der Waals surface area contributed by atoms with Crippen molar-refractivity contribution in [3.63, 3.8) is 0 Å². The van der Waals surface area contributed by atoms with Gasteiger partial charge in [0.1, 0.15) is 11.4 Å². The molecule has 7 heteroatoms. The third-order valence-corrected chi connectivity index (χ3v) is 3.36. The number of nitro benzene ring substituents is 1. The first kappa shape index (κ1) is 14.4. The largest absolute Gasteiger partial charge is 0.384 e. The van der Waals surface area contributed by atoms with E-state index in [4.69, 9.17) is 4.74 Å². The molecule has 0 aliphatic carbocycles. The summed E-state index contributed by atoms with van der Waals surface area (Å²) in [6.45, 7) is 1.51. The number of nitro groups is 1. The van der Waals surface area contributed by atoms with E-state index in [1.54, 1.807) is 7.11 Å². The fourth-order valence-corrected chi connectivity index (χ4v) is 2.40. The predicted octanol–water partition coefficient (Wildman–Crippen LogP) is 1.84. The highest BCUT2D eigenvalue weighted by Crippen LogP contribution is 2.24. The summed E-state index contributed by atoms with van der Waals surface area (Å²) >= 11 is 0. The molecular formula is C13H15FN2O4. The molecule has 1 aliphatic rings. The Balaban J connectivity index is 2.21. The minimum absolute atomic E-state index is 0.201. The molecule has 6 nitrogen and oxygen atoms in total. The van der Waals surface area contributed by atoms with E-state index in [9.17, 15) is 19.3 Å². The van der Waals surface area contributed by atoms with Gasteiger partial charge in [0.2, 0.25) is 0 Å². The monoisotopic (exact) mass is 282 g/mol. The third-order valence-electron chi connectivity index (χ3n) is 3.36. The van der Waals surface area contributed by atoms with Gasteiger partial charge in [0.05, 0.1) is 11.5 Å². The Morgan fingerprint density at radius 2 is 2.35 bits per heavy atom. The summed E-state index contributed by atoms with van der Waals surface area (Å²) in [6, 6.07) is 2.92. The number of carbonyl (C=O) groups is 1. The van der Waals surface area contributed by atoms with Crippen LogP contribution in [0.4, 0.5) is 10.1 Å². The predicted molar refractivity (Wildman–Crippen MR) is 68.9 cm³/mol. The molecule has 0 spiro atoms. The first-order valence-corrected chi connectivity index (χ1v) is 6.25. The molecule has 1 aromatic carbocycles. The number of carbonyl (C=O) groups excluding carboxylic acids is 1. The van der Waals surface area contributed by atoms with Crippen LogP contribution in [0.15, 0.2) is 18.2 Å². The van der Waals surface area contributed by atoms with Crippen LogP contribution in [0, 0.1) is 21.8 Å². The first-order chi connectivity index (χ1) is 9.52. The molecule has 0 N–H and O–H groups in total. The van der Waals surface area contributed by atoms with E-state index in [2.05, 4.69) is 0 Å². The van der Waals surface area contributed by atoms with Crippen LogP contribution in [-0.2, 0) is 4.74 Å². The van der Waals surface area contributed by atoms with E-state index in [0.717, 1.165) is 24.6 Å². The molecule has 1 atom stereocenters. The number of methoxy groups -OCH3 is 1. The average molecular weight is 282 g/mol. The fraction of sp³-hybridized carbons (Fsp3) is 0.462. The molecule has 0 radical (unpaired) electrons. The smallest absolute Gasteiger partial charge is 0.282 e. The van der Waals surface area contributed by atoms with E-state index < -0.39 is 16.6 Å². The topological polar surface area (TPSA) is 72.7 Å². The number of hydrogen-bond donors (Lipinski definition) is 0. The van der Waals surface area contributed by atoms with E-state index in [-0.39, 0.29) is 17.2 Å². The lowest BCUT2D eigenvalue weighted by atomic mass is 10.1. The number of ether oxygens (including phenoxy) is 1. The standard InChI is InChI=1S/C13H15FN2O4/c1-20-8-9-4-5-15(7-9)13(17)11-6-10(14)2-3-12(11)16(18)19/h2-3,6,9H,4-5,7-8H2,1H3. The van der Waals surface area contributed by atoms with Gasteiger partial charge in [-0.25, -0.2) is 4.39 Å². The summed E-state index contributed by atoms with van der Waals surface area (Å²) in [7, 11) is 1.59. The zero-order valence-corrected chi connectivity index (χ0v) is 11.0. The number of nitrogens with zero attached hydrogens (tertiary/aromatic N) is 2. The van der Waals surface area contributed by atoms with Crippen molar-refractivity contribution in [2.24, 2.45) is 5.92 Å². The Bertz CT molecular complexity index is 535. The molecule has 0 bridgehead atoms. The highest BCUT2D eigenvalue weighted by Gasteiger charge is 2.30. The van der Waals surface area contributed by atoms with Gasteiger partial charge in [0, 0.05) is 32.2 Å². The number of amides is 1. The highest BCUT2D eigenvalue weighted by atomic mass is 19.1. The first-order valence-electron chi connectivity index (χ1n) is 6.25. The van der Waals surface area contributed by atoms with Gasteiger partial charge < -0.3 is 9.64 Å². The minimum atomic E-state index is -0.671. The number of rotatable bonds is 4. The summed E-state index contributed by atoms with van der Waals surface area (Å²) in [5.41, 5.74) is -0.570. The second kappa shape index (κ2) is 5.96.